The largest absolute Gasteiger partial charge is 0.380 e. The number of hydrogen-bond acceptors (Lipinski definition) is 1. The van der Waals surface area contributed by atoms with Crippen molar-refractivity contribution in [2.45, 2.75) is 19.9 Å². The quantitative estimate of drug-likeness (QED) is 0.212. The number of fused-ring (bicyclic) bond motifs is 7. The van der Waals surface area contributed by atoms with Crippen molar-refractivity contribution < 1.29 is 0 Å². The summed E-state index contributed by atoms with van der Waals surface area (Å²) in [5, 5.41) is 9.00. The third-order valence-electron chi connectivity index (χ3n) is 9.11. The smallest absolute Gasteiger partial charge is 0.0547 e. The predicted molar refractivity (Wildman–Crippen MR) is 189 cm³/mol. The van der Waals surface area contributed by atoms with Gasteiger partial charge in [0.1, 0.15) is 0 Å². The van der Waals surface area contributed by atoms with Crippen LogP contribution in [0.2, 0.25) is 0 Å². The molecule has 0 radical (unpaired) electrons. The first-order chi connectivity index (χ1) is 21.7. The SMILES string of the molecule is C=C(c1ccccc1)c1ccccc1NCc1cccc(-n2c3ccc4c(c3c3c5ccccc5ccc32)C=CC(C)C4)c1. The predicted octanol–water partition coefficient (Wildman–Crippen LogP) is 10.8. The van der Waals surface area contributed by atoms with E-state index in [2.05, 4.69) is 157 Å². The average molecular weight is 567 g/mol. The summed E-state index contributed by atoms with van der Waals surface area (Å²) in [5.74, 6) is 0.559. The molecule has 1 unspecified atom stereocenters. The topological polar surface area (TPSA) is 17.0 Å². The molecule has 44 heavy (non-hydrogen) atoms. The summed E-state index contributed by atoms with van der Waals surface area (Å²) in [6, 6.07) is 45.8. The van der Waals surface area contributed by atoms with Gasteiger partial charge in [0.05, 0.1) is 11.0 Å². The van der Waals surface area contributed by atoms with Gasteiger partial charge in [0.25, 0.3) is 0 Å². The van der Waals surface area contributed by atoms with Gasteiger partial charge >= 0.3 is 0 Å². The van der Waals surface area contributed by atoms with E-state index in [1.54, 1.807) is 0 Å². The van der Waals surface area contributed by atoms with Crippen LogP contribution in [0.3, 0.4) is 0 Å². The lowest BCUT2D eigenvalue weighted by Gasteiger charge is -2.17. The second-order valence-electron chi connectivity index (χ2n) is 12.0. The van der Waals surface area contributed by atoms with Crippen LogP contribution in [0.15, 0.2) is 140 Å². The van der Waals surface area contributed by atoms with Crippen molar-refractivity contribution in [3.05, 3.63) is 168 Å². The van der Waals surface area contributed by atoms with Gasteiger partial charge in [0.2, 0.25) is 0 Å². The molecule has 1 aliphatic carbocycles. The number of benzene rings is 6. The van der Waals surface area contributed by atoms with Crippen molar-refractivity contribution in [3.63, 3.8) is 0 Å². The van der Waals surface area contributed by atoms with E-state index in [1.165, 1.54) is 55.0 Å². The highest BCUT2D eigenvalue weighted by atomic mass is 15.0. The molecule has 8 rings (SSSR count). The number of nitrogens with one attached hydrogen (secondary N) is 1. The maximum absolute atomic E-state index is 4.42. The molecule has 0 fully saturated rings. The van der Waals surface area contributed by atoms with E-state index < -0.39 is 0 Å². The number of aromatic nitrogens is 1. The molecule has 0 spiro atoms. The first-order valence-corrected chi connectivity index (χ1v) is 15.5. The third kappa shape index (κ3) is 4.42. The van der Waals surface area contributed by atoms with Crippen LogP contribution in [-0.4, -0.2) is 4.57 Å². The monoisotopic (exact) mass is 566 g/mol. The molecule has 1 aromatic heterocycles. The van der Waals surface area contributed by atoms with Crippen LogP contribution in [0.5, 0.6) is 0 Å². The minimum atomic E-state index is 0.559. The zero-order valence-corrected chi connectivity index (χ0v) is 24.9. The minimum Gasteiger partial charge on any atom is -0.380 e. The van der Waals surface area contributed by atoms with Crippen LogP contribution in [-0.2, 0) is 13.0 Å². The molecule has 0 saturated heterocycles. The number of hydrogen-bond donors (Lipinski definition) is 1. The van der Waals surface area contributed by atoms with E-state index in [0.717, 1.165) is 28.8 Å². The fourth-order valence-corrected chi connectivity index (χ4v) is 6.96. The molecular weight excluding hydrogens is 532 g/mol. The Morgan fingerprint density at radius 3 is 2.45 bits per heavy atom. The Balaban J connectivity index is 1.22. The van der Waals surface area contributed by atoms with Crippen LogP contribution in [0, 0.1) is 5.92 Å². The Morgan fingerprint density at radius 2 is 1.55 bits per heavy atom. The summed E-state index contributed by atoms with van der Waals surface area (Å²) in [6.07, 6.45) is 5.81. The van der Waals surface area contributed by atoms with Crippen LogP contribution in [0.4, 0.5) is 5.69 Å². The Morgan fingerprint density at radius 1 is 0.773 bits per heavy atom. The molecule has 0 saturated carbocycles. The molecule has 1 heterocycles. The second kappa shape index (κ2) is 10.7. The van der Waals surface area contributed by atoms with Gasteiger partial charge in [-0.05, 0) is 81.3 Å². The summed E-state index contributed by atoms with van der Waals surface area (Å²) in [7, 11) is 0. The highest BCUT2D eigenvalue weighted by molar-refractivity contribution is 6.23. The van der Waals surface area contributed by atoms with Crippen LogP contribution in [0.1, 0.15) is 34.7 Å². The summed E-state index contributed by atoms with van der Waals surface area (Å²) in [4.78, 5) is 0. The molecule has 212 valence electrons. The third-order valence-corrected chi connectivity index (χ3v) is 9.11. The van der Waals surface area contributed by atoms with Crippen molar-refractivity contribution >= 4 is 49.9 Å². The highest BCUT2D eigenvalue weighted by Gasteiger charge is 2.21. The molecular formula is C42H34N2. The Bertz CT molecular complexity index is 2230. The van der Waals surface area contributed by atoms with Crippen molar-refractivity contribution in [2.75, 3.05) is 5.32 Å². The van der Waals surface area contributed by atoms with Crippen molar-refractivity contribution in [1.29, 1.82) is 0 Å². The molecule has 2 nitrogen and oxygen atoms in total. The molecule has 6 aromatic carbocycles. The maximum atomic E-state index is 4.42. The molecule has 0 bridgehead atoms. The molecule has 1 aliphatic rings. The summed E-state index contributed by atoms with van der Waals surface area (Å²) >= 11 is 0. The van der Waals surface area contributed by atoms with Gasteiger partial charge < -0.3 is 9.88 Å². The normalized spacial score (nSPS) is 14.2. The molecule has 1 N–H and O–H groups in total. The Hall–Kier alpha value is -5.34. The van der Waals surface area contributed by atoms with E-state index >= 15 is 0 Å². The van der Waals surface area contributed by atoms with Crippen LogP contribution < -0.4 is 5.32 Å². The van der Waals surface area contributed by atoms with Crippen molar-refractivity contribution in [3.8, 4) is 5.69 Å². The number of rotatable bonds is 6. The van der Waals surface area contributed by atoms with Gasteiger partial charge in [-0.2, -0.15) is 0 Å². The van der Waals surface area contributed by atoms with Gasteiger partial charge in [-0.1, -0.05) is 123 Å². The van der Waals surface area contributed by atoms with Gasteiger partial charge in [-0.3, -0.25) is 0 Å². The van der Waals surface area contributed by atoms with Crippen LogP contribution >= 0.6 is 0 Å². The molecule has 1 atom stereocenters. The van der Waals surface area contributed by atoms with E-state index in [-0.39, 0.29) is 0 Å². The van der Waals surface area contributed by atoms with Gasteiger partial charge in [-0.15, -0.1) is 0 Å². The van der Waals surface area contributed by atoms with Gasteiger partial charge in [0, 0.05) is 34.3 Å². The summed E-state index contributed by atoms with van der Waals surface area (Å²) in [5.41, 5.74) is 12.1. The maximum Gasteiger partial charge on any atom is 0.0547 e. The highest BCUT2D eigenvalue weighted by Crippen LogP contribution is 2.41. The minimum absolute atomic E-state index is 0.559. The van der Waals surface area contributed by atoms with Crippen molar-refractivity contribution in [1.82, 2.24) is 4.57 Å². The lowest BCUT2D eigenvalue weighted by atomic mass is 9.88. The van der Waals surface area contributed by atoms with Gasteiger partial charge in [-0.25, -0.2) is 0 Å². The summed E-state index contributed by atoms with van der Waals surface area (Å²) in [6.45, 7) is 7.44. The number of para-hydroxylation sites is 1. The standard InChI is InChI=1S/C42H34N2/c1-28-19-22-37-33(25-28)21-24-40-42(37)41-36-17-7-6-14-32(36)20-23-39(41)44(40)34-15-10-11-30(26-34)27-43-38-18-9-8-16-35(38)29(2)31-12-4-3-5-13-31/h3-24,26,28,43H,2,25,27H2,1H3. The van der Waals surface area contributed by atoms with Crippen LogP contribution in [0.25, 0.3) is 49.9 Å². The second-order valence-corrected chi connectivity index (χ2v) is 12.0. The fourth-order valence-electron chi connectivity index (χ4n) is 6.96. The van der Waals surface area contributed by atoms with Crippen molar-refractivity contribution in [2.24, 2.45) is 5.92 Å². The lowest BCUT2D eigenvalue weighted by molar-refractivity contribution is 0.718. The lowest BCUT2D eigenvalue weighted by Crippen LogP contribution is -2.04. The molecule has 7 aromatic rings. The Labute approximate surface area is 258 Å². The number of allylic oxidation sites excluding steroid dienone is 1. The first kappa shape index (κ1) is 26.3. The van der Waals surface area contributed by atoms with E-state index in [4.69, 9.17) is 0 Å². The first-order valence-electron chi connectivity index (χ1n) is 15.5. The number of nitrogens with zero attached hydrogens (tertiary/aromatic N) is 1. The zero-order valence-electron chi connectivity index (χ0n) is 24.9. The number of anilines is 1. The molecule has 0 aliphatic heterocycles. The van der Waals surface area contributed by atoms with E-state index in [0.29, 0.717) is 12.5 Å². The Kier molecular flexibility index (Phi) is 6.42. The van der Waals surface area contributed by atoms with E-state index in [9.17, 15) is 0 Å². The van der Waals surface area contributed by atoms with Gasteiger partial charge in [0.15, 0.2) is 0 Å². The molecule has 0 amide bonds. The molecule has 2 heteroatoms. The fraction of sp³-hybridized carbons (Fsp3) is 0.0952. The zero-order chi connectivity index (χ0) is 29.6. The summed E-state index contributed by atoms with van der Waals surface area (Å²) < 4.78 is 2.46. The average Bonchev–Trinajstić information content (AvgIpc) is 3.43. The van der Waals surface area contributed by atoms with E-state index in [1.807, 2.05) is 6.07 Å².